The molecule has 142 valence electrons. The number of carbonyl (C=O) groups excluding carboxylic acids is 1. The summed E-state index contributed by atoms with van der Waals surface area (Å²) >= 11 is 0. The Hall–Kier alpha value is -1.42. The van der Waals surface area contributed by atoms with Crippen molar-refractivity contribution in [2.45, 2.75) is 83.7 Å². The molecule has 0 radical (unpaired) electrons. The fourth-order valence-corrected chi connectivity index (χ4v) is 3.31. The van der Waals surface area contributed by atoms with Crippen molar-refractivity contribution in [3.05, 3.63) is 24.3 Å². The highest BCUT2D eigenvalue weighted by atomic mass is 16.4. The minimum Gasteiger partial charge on any atom is -0.481 e. The van der Waals surface area contributed by atoms with Gasteiger partial charge >= 0.3 is 5.97 Å². The van der Waals surface area contributed by atoms with Crippen molar-refractivity contribution in [3.8, 4) is 0 Å². The van der Waals surface area contributed by atoms with E-state index >= 15 is 0 Å². The van der Waals surface area contributed by atoms with Crippen molar-refractivity contribution >= 4 is 11.8 Å². The first kappa shape index (κ1) is 21.6. The molecule has 0 aromatic rings. The van der Waals surface area contributed by atoms with E-state index in [1.807, 2.05) is 18.2 Å². The van der Waals surface area contributed by atoms with Gasteiger partial charge in [0.05, 0.1) is 6.10 Å². The molecule has 0 heterocycles. The second-order valence-electron chi connectivity index (χ2n) is 7.09. The predicted octanol–water partition coefficient (Wildman–Crippen LogP) is 4.67. The van der Waals surface area contributed by atoms with Gasteiger partial charge in [0.25, 0.3) is 0 Å². The highest BCUT2D eigenvalue weighted by molar-refractivity contribution is 5.94. The second kappa shape index (κ2) is 12.9. The molecule has 0 aromatic carbocycles. The molecule has 0 aliphatic heterocycles. The van der Waals surface area contributed by atoms with Gasteiger partial charge in [-0.15, -0.1) is 0 Å². The molecule has 1 aliphatic carbocycles. The number of unbranched alkanes of at least 4 members (excludes halogenated alkanes) is 6. The van der Waals surface area contributed by atoms with Crippen molar-refractivity contribution < 1.29 is 19.8 Å². The van der Waals surface area contributed by atoms with Crippen LogP contribution in [0.4, 0.5) is 0 Å². The van der Waals surface area contributed by atoms with Crippen LogP contribution in [0.3, 0.4) is 0 Å². The summed E-state index contributed by atoms with van der Waals surface area (Å²) < 4.78 is 0. The lowest BCUT2D eigenvalue weighted by molar-refractivity contribution is -0.137. The summed E-state index contributed by atoms with van der Waals surface area (Å²) in [5, 5.41) is 18.6. The Labute approximate surface area is 152 Å². The van der Waals surface area contributed by atoms with E-state index in [0.717, 1.165) is 64.2 Å². The van der Waals surface area contributed by atoms with Gasteiger partial charge in [0.15, 0.2) is 5.78 Å². The predicted molar refractivity (Wildman–Crippen MR) is 100 cm³/mol. The summed E-state index contributed by atoms with van der Waals surface area (Å²) in [6.45, 7) is 2.15. The Morgan fingerprint density at radius 2 is 1.88 bits per heavy atom. The summed E-state index contributed by atoms with van der Waals surface area (Å²) in [5.41, 5.74) is 0. The quantitative estimate of drug-likeness (QED) is 0.353. The summed E-state index contributed by atoms with van der Waals surface area (Å²) in [6, 6.07) is 0. The van der Waals surface area contributed by atoms with Crippen LogP contribution < -0.4 is 0 Å². The molecule has 0 spiro atoms. The molecule has 4 nitrogen and oxygen atoms in total. The molecule has 0 fully saturated rings. The van der Waals surface area contributed by atoms with E-state index in [4.69, 9.17) is 5.11 Å². The Balaban J connectivity index is 2.25. The molecule has 0 aromatic heterocycles. The molecule has 25 heavy (non-hydrogen) atoms. The zero-order valence-corrected chi connectivity index (χ0v) is 15.5. The van der Waals surface area contributed by atoms with Gasteiger partial charge < -0.3 is 10.2 Å². The molecule has 2 N–H and O–H groups in total. The number of aliphatic hydroxyl groups excluding tert-OH is 1. The first-order chi connectivity index (χ1) is 12.0. The Morgan fingerprint density at radius 1 is 1.16 bits per heavy atom. The fourth-order valence-electron chi connectivity index (χ4n) is 3.31. The number of carboxylic acid groups (broad SMARTS) is 1. The maximum absolute atomic E-state index is 12.0. The van der Waals surface area contributed by atoms with Crippen LogP contribution in [-0.4, -0.2) is 28.1 Å². The van der Waals surface area contributed by atoms with Crippen LogP contribution in [0.2, 0.25) is 0 Å². The maximum atomic E-state index is 12.0. The second-order valence-corrected chi connectivity index (χ2v) is 7.09. The lowest BCUT2D eigenvalue weighted by atomic mass is 9.88. The van der Waals surface area contributed by atoms with Gasteiger partial charge in [-0.25, -0.2) is 0 Å². The van der Waals surface area contributed by atoms with Crippen LogP contribution >= 0.6 is 0 Å². The van der Waals surface area contributed by atoms with Crippen LogP contribution in [-0.2, 0) is 9.59 Å². The van der Waals surface area contributed by atoms with Gasteiger partial charge in [-0.1, -0.05) is 70.1 Å². The van der Waals surface area contributed by atoms with Crippen LogP contribution in [0, 0.1) is 11.8 Å². The first-order valence-electron chi connectivity index (χ1n) is 9.84. The zero-order valence-electron chi connectivity index (χ0n) is 15.5. The number of hydrogen-bond donors (Lipinski definition) is 2. The summed E-state index contributed by atoms with van der Waals surface area (Å²) in [6.07, 6.45) is 17.0. The first-order valence-corrected chi connectivity index (χ1v) is 9.84. The molecule has 3 unspecified atom stereocenters. The third-order valence-electron chi connectivity index (χ3n) is 4.88. The van der Waals surface area contributed by atoms with Gasteiger partial charge in [-0.2, -0.15) is 0 Å². The average molecular weight is 350 g/mol. The third-order valence-corrected chi connectivity index (χ3v) is 4.88. The normalized spacial score (nSPS) is 21.3. The number of allylic oxidation sites excluding steroid dienone is 3. The minimum atomic E-state index is -0.728. The Kier molecular flexibility index (Phi) is 11.1. The van der Waals surface area contributed by atoms with E-state index in [-0.39, 0.29) is 24.0 Å². The van der Waals surface area contributed by atoms with Crippen molar-refractivity contribution in [3.63, 3.8) is 0 Å². The van der Waals surface area contributed by atoms with Gasteiger partial charge in [0.2, 0.25) is 0 Å². The van der Waals surface area contributed by atoms with E-state index in [2.05, 4.69) is 6.92 Å². The van der Waals surface area contributed by atoms with Crippen LogP contribution in [0.1, 0.15) is 77.6 Å². The number of carbonyl (C=O) groups is 2. The molecule has 0 bridgehead atoms. The molecule has 0 saturated heterocycles. The number of aliphatic carboxylic acids is 1. The van der Waals surface area contributed by atoms with Gasteiger partial charge in [-0.3, -0.25) is 9.59 Å². The number of hydrogen-bond acceptors (Lipinski definition) is 3. The molecular weight excluding hydrogens is 316 g/mol. The molecule has 1 aliphatic rings. The Bertz CT molecular complexity index is 453. The van der Waals surface area contributed by atoms with Crippen LogP contribution in [0.15, 0.2) is 24.3 Å². The SMILES string of the molecule is CCCCCC(O)C=CC1C=CC(=O)C1CCCCCCCC(=O)O. The van der Waals surface area contributed by atoms with Gasteiger partial charge in [-0.05, 0) is 25.3 Å². The Morgan fingerprint density at radius 3 is 2.60 bits per heavy atom. The highest BCUT2D eigenvalue weighted by Gasteiger charge is 2.27. The largest absolute Gasteiger partial charge is 0.481 e. The number of aliphatic hydroxyl groups is 1. The minimum absolute atomic E-state index is 0.0121. The van der Waals surface area contributed by atoms with Crippen LogP contribution in [0.25, 0.3) is 0 Å². The van der Waals surface area contributed by atoms with Crippen molar-refractivity contribution in [1.29, 1.82) is 0 Å². The monoisotopic (exact) mass is 350 g/mol. The average Bonchev–Trinajstić information content (AvgIpc) is 2.92. The number of ketones is 1. The number of rotatable bonds is 14. The summed E-state index contributed by atoms with van der Waals surface area (Å²) in [4.78, 5) is 22.5. The molecule has 0 saturated carbocycles. The molecule has 4 heteroatoms. The maximum Gasteiger partial charge on any atom is 0.303 e. The number of carboxylic acids is 1. The lowest BCUT2D eigenvalue weighted by Crippen LogP contribution is -2.15. The topological polar surface area (TPSA) is 74.6 Å². The van der Waals surface area contributed by atoms with Crippen molar-refractivity contribution in [2.24, 2.45) is 11.8 Å². The lowest BCUT2D eigenvalue weighted by Gasteiger charge is -2.15. The molecular formula is C21H34O4. The van der Waals surface area contributed by atoms with Crippen molar-refractivity contribution in [1.82, 2.24) is 0 Å². The van der Waals surface area contributed by atoms with E-state index < -0.39 is 12.1 Å². The standard InChI is InChI=1S/C21H34O4/c1-2-3-7-10-18(22)15-13-17-14-16-20(23)19(17)11-8-5-4-6-9-12-21(24)25/h13-19,22H,2-12H2,1H3,(H,24,25). The molecule has 0 amide bonds. The van der Waals surface area contributed by atoms with E-state index in [1.54, 1.807) is 6.08 Å². The smallest absolute Gasteiger partial charge is 0.303 e. The van der Waals surface area contributed by atoms with Gasteiger partial charge in [0, 0.05) is 18.3 Å². The zero-order chi connectivity index (χ0) is 18.5. The van der Waals surface area contributed by atoms with E-state index in [0.29, 0.717) is 0 Å². The van der Waals surface area contributed by atoms with Crippen LogP contribution in [0.5, 0.6) is 0 Å². The molecule has 1 rings (SSSR count). The van der Waals surface area contributed by atoms with E-state index in [9.17, 15) is 14.7 Å². The third kappa shape index (κ3) is 9.59. The summed E-state index contributed by atoms with van der Waals surface area (Å²) in [7, 11) is 0. The van der Waals surface area contributed by atoms with E-state index in [1.165, 1.54) is 0 Å². The molecule has 3 atom stereocenters. The highest BCUT2D eigenvalue weighted by Crippen LogP contribution is 2.29. The van der Waals surface area contributed by atoms with Crippen molar-refractivity contribution in [2.75, 3.05) is 0 Å². The van der Waals surface area contributed by atoms with Gasteiger partial charge in [0.1, 0.15) is 0 Å². The summed E-state index contributed by atoms with van der Waals surface area (Å²) in [5.74, 6) is -0.409. The fraction of sp³-hybridized carbons (Fsp3) is 0.714.